The molecule has 1 aromatic carbocycles. The molecule has 1 aromatic heterocycles. The zero-order valence-electron chi connectivity index (χ0n) is 15.3. The molecule has 2 fully saturated rings. The maximum atomic E-state index is 12.9. The summed E-state index contributed by atoms with van der Waals surface area (Å²) in [5.41, 5.74) is 0.689. The Morgan fingerprint density at radius 2 is 1.75 bits per heavy atom. The Kier molecular flexibility index (Phi) is 5.29. The van der Waals surface area contributed by atoms with E-state index in [-0.39, 0.29) is 23.9 Å². The first-order valence-corrected chi connectivity index (χ1v) is 10.3. The molecule has 4 amide bonds. The Bertz CT molecular complexity index is 879. The number of rotatable bonds is 5. The van der Waals surface area contributed by atoms with Crippen molar-refractivity contribution in [2.24, 2.45) is 0 Å². The molecule has 2 aromatic rings. The van der Waals surface area contributed by atoms with Crippen molar-refractivity contribution >= 4 is 39.9 Å². The minimum atomic E-state index is -0.395. The molecule has 1 atom stereocenters. The van der Waals surface area contributed by atoms with E-state index in [1.165, 1.54) is 11.3 Å². The van der Waals surface area contributed by atoms with Gasteiger partial charge in [-0.25, -0.2) is 4.79 Å². The molecule has 1 aliphatic heterocycles. The summed E-state index contributed by atoms with van der Waals surface area (Å²) in [5, 5.41) is 9.05. The molecule has 3 N–H and O–H groups in total. The molecule has 1 saturated heterocycles. The maximum Gasteiger partial charge on any atom is 0.324 e. The SMILES string of the molecule is O=C(Nc1ccccc1)Nc1ccc(C(=O)N2CCCC2C(=O)NC2CC2)s1. The predicted octanol–water partition coefficient (Wildman–Crippen LogP) is 3.28. The van der Waals surface area contributed by atoms with E-state index in [0.29, 0.717) is 28.5 Å². The van der Waals surface area contributed by atoms with Gasteiger partial charge in [0, 0.05) is 18.3 Å². The summed E-state index contributed by atoms with van der Waals surface area (Å²) in [4.78, 5) is 39.5. The van der Waals surface area contributed by atoms with Crippen LogP contribution < -0.4 is 16.0 Å². The van der Waals surface area contributed by atoms with Gasteiger partial charge in [0.05, 0.1) is 9.88 Å². The number of amides is 4. The molecule has 0 bridgehead atoms. The monoisotopic (exact) mass is 398 g/mol. The molecule has 2 heterocycles. The third-order valence-electron chi connectivity index (χ3n) is 4.83. The minimum absolute atomic E-state index is 0.0505. The van der Waals surface area contributed by atoms with Crippen LogP contribution in [0.1, 0.15) is 35.4 Å². The van der Waals surface area contributed by atoms with E-state index in [1.807, 2.05) is 18.2 Å². The lowest BCUT2D eigenvalue weighted by Gasteiger charge is -2.23. The average molecular weight is 398 g/mol. The Labute approximate surface area is 167 Å². The lowest BCUT2D eigenvalue weighted by molar-refractivity contribution is -0.125. The van der Waals surface area contributed by atoms with Gasteiger partial charge >= 0.3 is 6.03 Å². The fraction of sp³-hybridized carbons (Fsp3) is 0.350. The number of hydrogen-bond donors (Lipinski definition) is 3. The summed E-state index contributed by atoms with van der Waals surface area (Å²) >= 11 is 1.21. The summed E-state index contributed by atoms with van der Waals surface area (Å²) in [6, 6.07) is 12.1. The molecule has 1 saturated carbocycles. The topological polar surface area (TPSA) is 90.5 Å². The van der Waals surface area contributed by atoms with Crippen molar-refractivity contribution in [3.8, 4) is 0 Å². The van der Waals surface area contributed by atoms with Crippen LogP contribution in [0.5, 0.6) is 0 Å². The third-order valence-corrected chi connectivity index (χ3v) is 5.81. The van der Waals surface area contributed by atoms with Crippen LogP contribution in [0.15, 0.2) is 42.5 Å². The molecule has 2 aliphatic rings. The molecule has 0 spiro atoms. The minimum Gasteiger partial charge on any atom is -0.352 e. The zero-order valence-corrected chi connectivity index (χ0v) is 16.1. The van der Waals surface area contributed by atoms with E-state index in [4.69, 9.17) is 0 Å². The Morgan fingerprint density at radius 3 is 2.50 bits per heavy atom. The van der Waals surface area contributed by atoms with Gasteiger partial charge in [-0.3, -0.25) is 14.9 Å². The van der Waals surface area contributed by atoms with Crippen LogP contribution >= 0.6 is 11.3 Å². The summed E-state index contributed by atoms with van der Waals surface area (Å²) < 4.78 is 0. The fourth-order valence-corrected chi connectivity index (χ4v) is 4.12. The summed E-state index contributed by atoms with van der Waals surface area (Å²) in [7, 11) is 0. The molecule has 1 unspecified atom stereocenters. The van der Waals surface area contributed by atoms with Gasteiger partial charge < -0.3 is 15.5 Å². The lowest BCUT2D eigenvalue weighted by atomic mass is 10.2. The number of likely N-dealkylation sites (tertiary alicyclic amines) is 1. The van der Waals surface area contributed by atoms with Crippen molar-refractivity contribution in [2.75, 3.05) is 17.2 Å². The van der Waals surface area contributed by atoms with E-state index in [9.17, 15) is 14.4 Å². The highest BCUT2D eigenvalue weighted by Crippen LogP contribution is 2.28. The Morgan fingerprint density at radius 1 is 0.964 bits per heavy atom. The second kappa shape index (κ2) is 8.02. The van der Waals surface area contributed by atoms with Crippen molar-refractivity contribution in [2.45, 2.75) is 37.8 Å². The largest absolute Gasteiger partial charge is 0.352 e. The first-order chi connectivity index (χ1) is 13.6. The molecular weight excluding hydrogens is 376 g/mol. The quantitative estimate of drug-likeness (QED) is 0.722. The Balaban J connectivity index is 1.37. The molecule has 0 radical (unpaired) electrons. The number of carbonyl (C=O) groups is 3. The number of thiophene rings is 1. The number of nitrogens with zero attached hydrogens (tertiary/aromatic N) is 1. The summed E-state index contributed by atoms with van der Waals surface area (Å²) in [6.45, 7) is 0.580. The number of anilines is 2. The van der Waals surface area contributed by atoms with E-state index in [1.54, 1.807) is 29.2 Å². The van der Waals surface area contributed by atoms with Gasteiger partial charge in [0.15, 0.2) is 0 Å². The molecule has 4 rings (SSSR count). The van der Waals surface area contributed by atoms with Crippen molar-refractivity contribution in [1.29, 1.82) is 0 Å². The predicted molar refractivity (Wildman–Crippen MR) is 109 cm³/mol. The highest BCUT2D eigenvalue weighted by Gasteiger charge is 2.37. The van der Waals surface area contributed by atoms with Gasteiger partial charge in [-0.1, -0.05) is 18.2 Å². The number of hydrogen-bond acceptors (Lipinski definition) is 4. The van der Waals surface area contributed by atoms with Gasteiger partial charge in [0.2, 0.25) is 5.91 Å². The normalized spacial score (nSPS) is 18.6. The van der Waals surface area contributed by atoms with Crippen LogP contribution in [0.3, 0.4) is 0 Å². The number of para-hydroxylation sites is 1. The smallest absolute Gasteiger partial charge is 0.324 e. The number of urea groups is 1. The fourth-order valence-electron chi connectivity index (χ4n) is 3.26. The van der Waals surface area contributed by atoms with Crippen LogP contribution in [0.2, 0.25) is 0 Å². The molecule has 1 aliphatic carbocycles. The Hall–Kier alpha value is -2.87. The van der Waals surface area contributed by atoms with Crippen molar-refractivity contribution in [3.05, 3.63) is 47.3 Å². The number of nitrogens with one attached hydrogen (secondary N) is 3. The highest BCUT2D eigenvalue weighted by molar-refractivity contribution is 7.18. The number of benzene rings is 1. The van der Waals surface area contributed by atoms with Crippen LogP contribution in [0, 0.1) is 0 Å². The van der Waals surface area contributed by atoms with Gasteiger partial charge in [-0.05, 0) is 49.9 Å². The van der Waals surface area contributed by atoms with Gasteiger partial charge in [0.25, 0.3) is 5.91 Å². The van der Waals surface area contributed by atoms with E-state index >= 15 is 0 Å². The van der Waals surface area contributed by atoms with Crippen LogP contribution in [-0.2, 0) is 4.79 Å². The van der Waals surface area contributed by atoms with Crippen molar-refractivity contribution < 1.29 is 14.4 Å². The van der Waals surface area contributed by atoms with Gasteiger partial charge in [-0.2, -0.15) is 0 Å². The zero-order chi connectivity index (χ0) is 19.5. The third kappa shape index (κ3) is 4.33. The lowest BCUT2D eigenvalue weighted by Crippen LogP contribution is -2.46. The second-order valence-electron chi connectivity index (χ2n) is 7.05. The van der Waals surface area contributed by atoms with E-state index < -0.39 is 6.04 Å². The standard InChI is InChI=1S/C20H22N4O3S/c25-18(21-14-8-9-14)15-7-4-12-24(15)19(26)16-10-11-17(28-16)23-20(27)22-13-5-2-1-3-6-13/h1-3,5-6,10-11,14-15H,4,7-9,12H2,(H,21,25)(H2,22,23,27). The first-order valence-electron chi connectivity index (χ1n) is 9.44. The molecule has 146 valence electrons. The van der Waals surface area contributed by atoms with Gasteiger partial charge in [0.1, 0.15) is 6.04 Å². The molecular formula is C20H22N4O3S. The second-order valence-corrected chi connectivity index (χ2v) is 8.13. The van der Waals surface area contributed by atoms with Crippen molar-refractivity contribution in [3.63, 3.8) is 0 Å². The van der Waals surface area contributed by atoms with Crippen LogP contribution in [0.25, 0.3) is 0 Å². The average Bonchev–Trinajstić information content (AvgIpc) is 3.18. The first kappa shape index (κ1) is 18.5. The molecule has 28 heavy (non-hydrogen) atoms. The summed E-state index contributed by atoms with van der Waals surface area (Å²) in [5.74, 6) is -0.208. The van der Waals surface area contributed by atoms with E-state index in [2.05, 4.69) is 16.0 Å². The van der Waals surface area contributed by atoms with Crippen LogP contribution in [0.4, 0.5) is 15.5 Å². The molecule has 7 nitrogen and oxygen atoms in total. The molecule has 8 heteroatoms. The maximum absolute atomic E-state index is 12.9. The number of carbonyl (C=O) groups excluding carboxylic acids is 3. The summed E-state index contributed by atoms with van der Waals surface area (Å²) in [6.07, 6.45) is 3.57. The highest BCUT2D eigenvalue weighted by atomic mass is 32.1. The van der Waals surface area contributed by atoms with Crippen molar-refractivity contribution in [1.82, 2.24) is 10.2 Å². The van der Waals surface area contributed by atoms with Crippen LogP contribution in [-0.4, -0.2) is 41.4 Å². The van der Waals surface area contributed by atoms with Gasteiger partial charge in [-0.15, -0.1) is 11.3 Å². The van der Waals surface area contributed by atoms with E-state index in [0.717, 1.165) is 19.3 Å².